The second-order valence-electron chi connectivity index (χ2n) is 7.78. The topological polar surface area (TPSA) is 46.5 Å². The third-order valence-electron chi connectivity index (χ3n) is 5.59. The van der Waals surface area contributed by atoms with Crippen LogP contribution in [0.5, 0.6) is 0 Å². The van der Waals surface area contributed by atoms with Gasteiger partial charge in [-0.05, 0) is 47.4 Å². The van der Waals surface area contributed by atoms with Crippen LogP contribution in [0.25, 0.3) is 10.8 Å². The number of hydrogen-bond donors (Lipinski definition) is 1. The Morgan fingerprint density at radius 1 is 1.16 bits per heavy atom. The Bertz CT molecular complexity index is 765. The zero-order valence-corrected chi connectivity index (χ0v) is 16.3. The standard InChI is InChI=1S/C21H29O3P/c1-15(2)18-12-11-16(3)13-20(18)24-25(23,14-22)21-10-6-8-17-7-4-5-9-19(17)21/h4-10,15-16,18,20,22H,11-14H2,1-3H3/t16-,18+,20-,25+/m1/s1. The Balaban J connectivity index is 1.98. The number of aliphatic hydroxyl groups excluding tert-OH is 1. The summed E-state index contributed by atoms with van der Waals surface area (Å²) < 4.78 is 19.9. The first-order chi connectivity index (χ1) is 11.9. The van der Waals surface area contributed by atoms with E-state index >= 15 is 0 Å². The van der Waals surface area contributed by atoms with Gasteiger partial charge in [-0.25, -0.2) is 0 Å². The van der Waals surface area contributed by atoms with Gasteiger partial charge >= 0.3 is 0 Å². The molecule has 0 heterocycles. The van der Waals surface area contributed by atoms with Gasteiger partial charge in [0.25, 0.3) is 7.37 Å². The van der Waals surface area contributed by atoms with E-state index in [2.05, 4.69) is 20.8 Å². The van der Waals surface area contributed by atoms with Gasteiger partial charge in [-0.1, -0.05) is 63.6 Å². The molecule has 0 amide bonds. The first kappa shape index (κ1) is 18.6. The van der Waals surface area contributed by atoms with Crippen LogP contribution in [0.4, 0.5) is 0 Å². The van der Waals surface area contributed by atoms with Gasteiger partial charge in [-0.3, -0.25) is 4.57 Å². The van der Waals surface area contributed by atoms with Crippen molar-refractivity contribution >= 4 is 23.4 Å². The largest absolute Gasteiger partial charge is 0.386 e. The van der Waals surface area contributed by atoms with Crippen molar-refractivity contribution in [2.75, 3.05) is 6.35 Å². The molecule has 0 unspecified atom stereocenters. The van der Waals surface area contributed by atoms with Crippen molar-refractivity contribution in [3.8, 4) is 0 Å². The maximum absolute atomic E-state index is 13.7. The molecule has 1 fully saturated rings. The molecule has 3 rings (SSSR count). The van der Waals surface area contributed by atoms with Gasteiger partial charge in [-0.2, -0.15) is 0 Å². The van der Waals surface area contributed by atoms with Crippen LogP contribution >= 0.6 is 7.37 Å². The molecular formula is C21H29O3P. The summed E-state index contributed by atoms with van der Waals surface area (Å²) in [7, 11) is -3.31. The molecule has 1 aliphatic carbocycles. The van der Waals surface area contributed by atoms with Crippen molar-refractivity contribution < 1.29 is 14.2 Å². The summed E-state index contributed by atoms with van der Waals surface area (Å²) in [5.41, 5.74) is 0. The number of hydrogen-bond acceptors (Lipinski definition) is 3. The number of benzene rings is 2. The number of fused-ring (bicyclic) bond motifs is 1. The Hall–Kier alpha value is -1.15. The predicted molar refractivity (Wildman–Crippen MR) is 104 cm³/mol. The van der Waals surface area contributed by atoms with Crippen molar-refractivity contribution in [1.29, 1.82) is 0 Å². The van der Waals surface area contributed by atoms with E-state index in [1.54, 1.807) is 0 Å². The van der Waals surface area contributed by atoms with E-state index in [1.807, 2.05) is 42.5 Å². The van der Waals surface area contributed by atoms with Gasteiger partial charge in [0.2, 0.25) is 0 Å². The Morgan fingerprint density at radius 3 is 2.60 bits per heavy atom. The van der Waals surface area contributed by atoms with Crippen molar-refractivity contribution in [3.63, 3.8) is 0 Å². The van der Waals surface area contributed by atoms with Gasteiger partial charge in [0.15, 0.2) is 0 Å². The van der Waals surface area contributed by atoms with E-state index in [0.29, 0.717) is 23.1 Å². The number of rotatable bonds is 5. The first-order valence-electron chi connectivity index (χ1n) is 9.31. The molecule has 4 heteroatoms. The molecule has 25 heavy (non-hydrogen) atoms. The van der Waals surface area contributed by atoms with Crippen molar-refractivity contribution in [2.24, 2.45) is 17.8 Å². The van der Waals surface area contributed by atoms with Gasteiger partial charge < -0.3 is 9.63 Å². The fourth-order valence-electron chi connectivity index (χ4n) is 4.13. The third-order valence-corrected chi connectivity index (χ3v) is 7.69. The van der Waals surface area contributed by atoms with Crippen molar-refractivity contribution in [1.82, 2.24) is 0 Å². The lowest BCUT2D eigenvalue weighted by Crippen LogP contribution is -2.35. The molecule has 0 spiro atoms. The summed E-state index contributed by atoms with van der Waals surface area (Å²) in [6.07, 6.45) is 2.71. The van der Waals surface area contributed by atoms with Crippen LogP contribution in [-0.2, 0) is 9.09 Å². The fraction of sp³-hybridized carbons (Fsp3) is 0.524. The molecule has 0 aromatic heterocycles. The van der Waals surface area contributed by atoms with Gasteiger partial charge in [-0.15, -0.1) is 0 Å². The number of aliphatic hydroxyl groups is 1. The molecule has 0 radical (unpaired) electrons. The van der Waals surface area contributed by atoms with E-state index in [4.69, 9.17) is 4.52 Å². The summed E-state index contributed by atoms with van der Waals surface area (Å²) in [5.74, 6) is 1.45. The fourth-order valence-corrected chi connectivity index (χ4v) is 6.02. The van der Waals surface area contributed by atoms with E-state index in [9.17, 15) is 9.67 Å². The molecule has 1 N–H and O–H groups in total. The maximum atomic E-state index is 13.7. The smallest absolute Gasteiger partial charge is 0.257 e. The van der Waals surface area contributed by atoms with Gasteiger partial charge in [0.1, 0.15) is 6.35 Å². The average molecular weight is 360 g/mol. The molecule has 0 bridgehead atoms. The molecular weight excluding hydrogens is 331 g/mol. The first-order valence-corrected chi connectivity index (χ1v) is 11.1. The van der Waals surface area contributed by atoms with Crippen LogP contribution in [0, 0.1) is 17.8 Å². The minimum absolute atomic E-state index is 0.0549. The second-order valence-corrected chi connectivity index (χ2v) is 10.1. The zero-order chi connectivity index (χ0) is 18.0. The maximum Gasteiger partial charge on any atom is 0.257 e. The van der Waals surface area contributed by atoms with Gasteiger partial charge in [0, 0.05) is 5.30 Å². The molecule has 2 aromatic rings. The summed E-state index contributed by atoms with van der Waals surface area (Å²) in [5, 5.41) is 12.6. The zero-order valence-electron chi connectivity index (χ0n) is 15.4. The normalized spacial score (nSPS) is 26.7. The Morgan fingerprint density at radius 2 is 1.88 bits per heavy atom. The molecule has 2 aromatic carbocycles. The molecule has 0 saturated heterocycles. The van der Waals surface area contributed by atoms with Crippen molar-refractivity contribution in [2.45, 2.75) is 46.1 Å². The third kappa shape index (κ3) is 3.84. The quantitative estimate of drug-likeness (QED) is 0.748. The highest BCUT2D eigenvalue weighted by Gasteiger charge is 2.38. The van der Waals surface area contributed by atoms with E-state index < -0.39 is 13.7 Å². The molecule has 1 aliphatic rings. The van der Waals surface area contributed by atoms with Crippen LogP contribution in [0.3, 0.4) is 0 Å². The van der Waals surface area contributed by atoms with Crippen LogP contribution in [0.15, 0.2) is 42.5 Å². The highest BCUT2D eigenvalue weighted by atomic mass is 31.2. The summed E-state index contributed by atoms with van der Waals surface area (Å²) in [6, 6.07) is 13.6. The van der Waals surface area contributed by atoms with E-state index in [0.717, 1.165) is 23.6 Å². The van der Waals surface area contributed by atoms with Gasteiger partial charge in [0.05, 0.1) is 6.10 Å². The second kappa shape index (κ2) is 7.61. The molecule has 3 nitrogen and oxygen atoms in total. The monoisotopic (exact) mass is 360 g/mol. The summed E-state index contributed by atoms with van der Waals surface area (Å²) in [4.78, 5) is 0. The lowest BCUT2D eigenvalue weighted by Gasteiger charge is -2.38. The molecule has 4 atom stereocenters. The Labute approximate surface area is 150 Å². The average Bonchev–Trinajstić information content (AvgIpc) is 2.61. The highest BCUT2D eigenvalue weighted by molar-refractivity contribution is 7.67. The van der Waals surface area contributed by atoms with E-state index in [1.165, 1.54) is 6.42 Å². The molecule has 1 saturated carbocycles. The SMILES string of the molecule is CC(C)[C@@H]1CC[C@@H](C)C[C@H]1O[P@@](=O)(CO)c1cccc2ccccc12. The van der Waals surface area contributed by atoms with Crippen LogP contribution in [0.2, 0.25) is 0 Å². The summed E-state index contributed by atoms with van der Waals surface area (Å²) in [6.45, 7) is 6.65. The minimum Gasteiger partial charge on any atom is -0.386 e. The molecule has 0 aliphatic heterocycles. The minimum atomic E-state index is -3.31. The van der Waals surface area contributed by atoms with Crippen molar-refractivity contribution in [3.05, 3.63) is 42.5 Å². The summed E-state index contributed by atoms with van der Waals surface area (Å²) >= 11 is 0. The van der Waals surface area contributed by atoms with Crippen LogP contribution in [-0.4, -0.2) is 17.6 Å². The Kier molecular flexibility index (Phi) is 5.68. The van der Waals surface area contributed by atoms with Crippen LogP contribution < -0.4 is 5.30 Å². The lowest BCUT2D eigenvalue weighted by atomic mass is 9.75. The van der Waals surface area contributed by atoms with E-state index in [-0.39, 0.29) is 6.10 Å². The molecule has 136 valence electrons. The lowest BCUT2D eigenvalue weighted by molar-refractivity contribution is 0.0472. The highest BCUT2D eigenvalue weighted by Crippen LogP contribution is 2.51. The van der Waals surface area contributed by atoms with Crippen LogP contribution in [0.1, 0.15) is 40.0 Å². The predicted octanol–water partition coefficient (Wildman–Crippen LogP) is 5.17.